The fraction of sp³-hybridized carbons (Fsp3) is 0.667. The van der Waals surface area contributed by atoms with Crippen molar-refractivity contribution in [3.05, 3.63) is 23.8 Å². The molecule has 0 aliphatic rings. The lowest BCUT2D eigenvalue weighted by Gasteiger charge is -2.18. The second kappa shape index (κ2) is 17.6. The number of hydrogen-bond acceptors (Lipinski definition) is 5. The number of methoxy groups -OCH3 is 1. The van der Waals surface area contributed by atoms with Crippen LogP contribution in [-0.4, -0.2) is 78.1 Å². The Hall–Kier alpha value is -1.26. The Labute approximate surface area is 193 Å². The number of benzene rings is 1. The summed E-state index contributed by atoms with van der Waals surface area (Å²) in [4.78, 5) is 6.57. The Bertz CT molecular complexity index is 573. The summed E-state index contributed by atoms with van der Waals surface area (Å²) in [5.74, 6) is 2.43. The zero-order valence-corrected chi connectivity index (χ0v) is 21.0. The number of aliphatic imine (C=N–C) groups is 1. The molecule has 1 rings (SSSR count). The average molecular weight is 522 g/mol. The maximum absolute atomic E-state index is 5.70. The van der Waals surface area contributed by atoms with Gasteiger partial charge in [-0.15, -0.1) is 24.0 Å². The van der Waals surface area contributed by atoms with Crippen LogP contribution in [0.25, 0.3) is 0 Å². The third-order valence-electron chi connectivity index (χ3n) is 4.21. The van der Waals surface area contributed by atoms with Gasteiger partial charge in [-0.05, 0) is 51.4 Å². The van der Waals surface area contributed by atoms with Gasteiger partial charge in [0, 0.05) is 46.9 Å². The molecule has 8 heteroatoms. The molecule has 0 saturated heterocycles. The molecule has 0 heterocycles. The van der Waals surface area contributed by atoms with E-state index in [0.717, 1.165) is 63.1 Å². The Morgan fingerprint density at radius 1 is 1.03 bits per heavy atom. The predicted octanol–water partition coefficient (Wildman–Crippen LogP) is 2.78. The molecule has 2 N–H and O–H groups in total. The molecule has 0 aliphatic carbocycles. The lowest BCUT2D eigenvalue weighted by atomic mass is 10.1. The van der Waals surface area contributed by atoms with Crippen LogP contribution in [0, 0.1) is 0 Å². The highest BCUT2D eigenvalue weighted by Gasteiger charge is 2.06. The summed E-state index contributed by atoms with van der Waals surface area (Å²) in [6.45, 7) is 9.64. The van der Waals surface area contributed by atoms with E-state index in [1.807, 2.05) is 19.9 Å². The van der Waals surface area contributed by atoms with Gasteiger partial charge in [0.15, 0.2) is 17.5 Å². The molecule has 1 aromatic rings. The van der Waals surface area contributed by atoms with Crippen LogP contribution in [0.3, 0.4) is 0 Å². The topological polar surface area (TPSA) is 67.4 Å². The van der Waals surface area contributed by atoms with Gasteiger partial charge in [0.2, 0.25) is 0 Å². The molecular weight excluding hydrogens is 483 g/mol. The van der Waals surface area contributed by atoms with E-state index in [2.05, 4.69) is 39.7 Å². The van der Waals surface area contributed by atoms with Crippen LogP contribution in [0.15, 0.2) is 23.2 Å². The van der Waals surface area contributed by atoms with Gasteiger partial charge in [0.25, 0.3) is 0 Å². The number of hydrogen-bond donors (Lipinski definition) is 2. The van der Waals surface area contributed by atoms with Gasteiger partial charge < -0.3 is 29.7 Å². The fourth-order valence-corrected chi connectivity index (χ4v) is 2.75. The van der Waals surface area contributed by atoms with Crippen LogP contribution < -0.4 is 20.1 Å². The highest BCUT2D eigenvalue weighted by Crippen LogP contribution is 2.28. The maximum Gasteiger partial charge on any atom is 0.191 e. The number of halogens is 1. The molecule has 7 nitrogen and oxygen atoms in total. The first-order valence-corrected chi connectivity index (χ1v) is 10.1. The van der Waals surface area contributed by atoms with Gasteiger partial charge in [-0.3, -0.25) is 4.99 Å². The van der Waals surface area contributed by atoms with Crippen molar-refractivity contribution in [2.24, 2.45) is 4.99 Å². The zero-order valence-electron chi connectivity index (χ0n) is 18.6. The standard InChI is InChI=1S/C21H38N4O3.HI/c1-6-27-19-10-9-18(17-20(19)28-7-2)11-12-23-21(22-3)24-13-15-25(4)14-8-16-26-5;/h9-10,17H,6-8,11-16H2,1-5H3,(H2,22,23,24);1H. The van der Waals surface area contributed by atoms with E-state index in [1.54, 1.807) is 14.2 Å². The Balaban J connectivity index is 0.00000784. The number of nitrogens with one attached hydrogen (secondary N) is 2. The number of likely N-dealkylation sites (N-methyl/N-ethyl adjacent to an activating group) is 1. The molecule has 0 saturated carbocycles. The minimum Gasteiger partial charge on any atom is -0.490 e. The van der Waals surface area contributed by atoms with Crippen molar-refractivity contribution < 1.29 is 14.2 Å². The van der Waals surface area contributed by atoms with Crippen LogP contribution in [-0.2, 0) is 11.2 Å². The summed E-state index contributed by atoms with van der Waals surface area (Å²) in [7, 11) is 5.65. The molecular formula is C21H39IN4O3. The van der Waals surface area contributed by atoms with Crippen molar-refractivity contribution in [2.45, 2.75) is 26.7 Å². The molecule has 0 amide bonds. The van der Waals surface area contributed by atoms with Crippen molar-refractivity contribution in [3.8, 4) is 11.5 Å². The summed E-state index contributed by atoms with van der Waals surface area (Å²) in [5, 5.41) is 6.72. The third kappa shape index (κ3) is 12.1. The molecule has 0 unspecified atom stereocenters. The average Bonchev–Trinajstić information content (AvgIpc) is 2.69. The van der Waals surface area contributed by atoms with E-state index in [0.29, 0.717) is 13.2 Å². The molecule has 0 aliphatic heterocycles. The molecule has 0 fully saturated rings. The summed E-state index contributed by atoms with van der Waals surface area (Å²) in [6.07, 6.45) is 1.93. The lowest BCUT2D eigenvalue weighted by molar-refractivity contribution is 0.180. The highest BCUT2D eigenvalue weighted by molar-refractivity contribution is 14.0. The second-order valence-corrected chi connectivity index (χ2v) is 6.47. The van der Waals surface area contributed by atoms with Crippen LogP contribution in [0.5, 0.6) is 11.5 Å². The van der Waals surface area contributed by atoms with Gasteiger partial charge in [0.05, 0.1) is 13.2 Å². The number of nitrogens with zero attached hydrogens (tertiary/aromatic N) is 2. The Morgan fingerprint density at radius 3 is 2.38 bits per heavy atom. The van der Waals surface area contributed by atoms with Crippen LogP contribution in [0.4, 0.5) is 0 Å². The molecule has 0 atom stereocenters. The SMILES string of the molecule is CCOc1ccc(CCNC(=NC)NCCN(C)CCCOC)cc1OCC.I. The van der Waals surface area contributed by atoms with Crippen molar-refractivity contribution in [3.63, 3.8) is 0 Å². The van der Waals surface area contributed by atoms with E-state index < -0.39 is 0 Å². The molecule has 29 heavy (non-hydrogen) atoms. The highest BCUT2D eigenvalue weighted by atomic mass is 127. The van der Waals surface area contributed by atoms with E-state index in [-0.39, 0.29) is 24.0 Å². The molecule has 1 aromatic carbocycles. The quantitative estimate of drug-likeness (QED) is 0.170. The molecule has 0 spiro atoms. The molecule has 0 radical (unpaired) electrons. The molecule has 0 bridgehead atoms. The predicted molar refractivity (Wildman–Crippen MR) is 131 cm³/mol. The van der Waals surface area contributed by atoms with Gasteiger partial charge in [-0.1, -0.05) is 6.07 Å². The van der Waals surface area contributed by atoms with Gasteiger partial charge >= 0.3 is 0 Å². The zero-order chi connectivity index (χ0) is 20.6. The van der Waals surface area contributed by atoms with Gasteiger partial charge in [0.1, 0.15) is 0 Å². The van der Waals surface area contributed by atoms with Crippen LogP contribution in [0.1, 0.15) is 25.8 Å². The first-order valence-electron chi connectivity index (χ1n) is 10.1. The number of guanidine groups is 1. The molecule has 168 valence electrons. The summed E-state index contributed by atoms with van der Waals surface area (Å²) >= 11 is 0. The third-order valence-corrected chi connectivity index (χ3v) is 4.21. The minimum atomic E-state index is 0. The number of rotatable bonds is 14. The van der Waals surface area contributed by atoms with Crippen molar-refractivity contribution in [2.75, 3.05) is 67.2 Å². The van der Waals surface area contributed by atoms with E-state index in [9.17, 15) is 0 Å². The van der Waals surface area contributed by atoms with Crippen LogP contribution >= 0.6 is 24.0 Å². The second-order valence-electron chi connectivity index (χ2n) is 6.47. The summed E-state index contributed by atoms with van der Waals surface area (Å²) < 4.78 is 16.4. The Morgan fingerprint density at radius 2 is 1.72 bits per heavy atom. The lowest BCUT2D eigenvalue weighted by Crippen LogP contribution is -2.41. The van der Waals surface area contributed by atoms with Crippen molar-refractivity contribution >= 4 is 29.9 Å². The maximum atomic E-state index is 5.70. The van der Waals surface area contributed by atoms with Gasteiger partial charge in [-0.25, -0.2) is 0 Å². The van der Waals surface area contributed by atoms with E-state index >= 15 is 0 Å². The number of ether oxygens (including phenoxy) is 3. The van der Waals surface area contributed by atoms with E-state index in [1.165, 1.54) is 5.56 Å². The van der Waals surface area contributed by atoms with Crippen molar-refractivity contribution in [1.29, 1.82) is 0 Å². The minimum absolute atomic E-state index is 0. The first-order chi connectivity index (χ1) is 13.6. The fourth-order valence-electron chi connectivity index (χ4n) is 2.75. The monoisotopic (exact) mass is 522 g/mol. The normalized spacial score (nSPS) is 11.2. The largest absolute Gasteiger partial charge is 0.490 e. The first kappa shape index (κ1) is 27.7. The molecule has 0 aromatic heterocycles. The Kier molecular flexibility index (Phi) is 16.8. The van der Waals surface area contributed by atoms with Gasteiger partial charge in [-0.2, -0.15) is 0 Å². The van der Waals surface area contributed by atoms with Crippen molar-refractivity contribution in [1.82, 2.24) is 15.5 Å². The summed E-state index contributed by atoms with van der Waals surface area (Å²) in [6, 6.07) is 6.12. The van der Waals surface area contributed by atoms with Crippen LogP contribution in [0.2, 0.25) is 0 Å². The smallest absolute Gasteiger partial charge is 0.191 e. The van der Waals surface area contributed by atoms with E-state index in [4.69, 9.17) is 14.2 Å². The summed E-state index contributed by atoms with van der Waals surface area (Å²) in [5.41, 5.74) is 1.20.